The van der Waals surface area contributed by atoms with Gasteiger partial charge in [-0.3, -0.25) is 19.1 Å². The van der Waals surface area contributed by atoms with Crippen molar-refractivity contribution >= 4 is 23.6 Å². The van der Waals surface area contributed by atoms with E-state index in [9.17, 15) is 9.59 Å². The summed E-state index contributed by atoms with van der Waals surface area (Å²) in [6.07, 6.45) is 0.590. The molecule has 160 valence electrons. The SMILES string of the molecule is COc1ccc(-n2c(SCCN3C(=O)CCC3=O)nnc2-c2ccccc2OC)cc1. The topological polar surface area (TPSA) is 86.6 Å². The molecule has 2 aromatic carbocycles. The van der Waals surface area contributed by atoms with Gasteiger partial charge in [-0.05, 0) is 36.4 Å². The number of carbonyl (C=O) groups is 2. The van der Waals surface area contributed by atoms with Crippen molar-refractivity contribution in [3.05, 3.63) is 48.5 Å². The van der Waals surface area contributed by atoms with Crippen LogP contribution in [-0.4, -0.2) is 58.0 Å². The molecule has 0 aliphatic carbocycles. The van der Waals surface area contributed by atoms with E-state index in [1.165, 1.54) is 16.7 Å². The van der Waals surface area contributed by atoms with E-state index in [0.717, 1.165) is 17.0 Å². The fourth-order valence-corrected chi connectivity index (χ4v) is 4.31. The van der Waals surface area contributed by atoms with Crippen LogP contribution in [0.3, 0.4) is 0 Å². The van der Waals surface area contributed by atoms with E-state index < -0.39 is 0 Å². The Bertz CT molecular complexity index is 1080. The number of aromatic nitrogens is 3. The quantitative estimate of drug-likeness (QED) is 0.394. The Morgan fingerprint density at radius 3 is 2.32 bits per heavy atom. The number of para-hydroxylation sites is 1. The lowest BCUT2D eigenvalue weighted by atomic mass is 10.2. The summed E-state index contributed by atoms with van der Waals surface area (Å²) in [6, 6.07) is 15.2. The van der Waals surface area contributed by atoms with Crippen molar-refractivity contribution in [3.63, 3.8) is 0 Å². The lowest BCUT2D eigenvalue weighted by Gasteiger charge is -2.15. The lowest BCUT2D eigenvalue weighted by Crippen LogP contribution is -2.31. The molecule has 0 spiro atoms. The normalized spacial score (nSPS) is 13.7. The first-order chi connectivity index (χ1) is 15.1. The highest BCUT2D eigenvalue weighted by molar-refractivity contribution is 7.99. The molecule has 4 rings (SSSR count). The molecular weight excluding hydrogens is 416 g/mol. The van der Waals surface area contributed by atoms with Gasteiger partial charge >= 0.3 is 0 Å². The van der Waals surface area contributed by atoms with Crippen LogP contribution >= 0.6 is 11.8 Å². The number of hydrogen-bond acceptors (Lipinski definition) is 7. The third-order valence-corrected chi connectivity index (χ3v) is 5.92. The third-order valence-electron chi connectivity index (χ3n) is 5.01. The summed E-state index contributed by atoms with van der Waals surface area (Å²) in [5.74, 6) is 2.37. The number of thioether (sulfide) groups is 1. The van der Waals surface area contributed by atoms with E-state index in [0.29, 0.717) is 41.9 Å². The van der Waals surface area contributed by atoms with Crippen molar-refractivity contribution in [2.24, 2.45) is 0 Å². The van der Waals surface area contributed by atoms with Crippen LogP contribution in [0, 0.1) is 0 Å². The fourth-order valence-electron chi connectivity index (χ4n) is 3.43. The molecule has 3 aromatic rings. The van der Waals surface area contributed by atoms with E-state index in [2.05, 4.69) is 10.2 Å². The van der Waals surface area contributed by atoms with Crippen LogP contribution in [0.1, 0.15) is 12.8 Å². The summed E-state index contributed by atoms with van der Waals surface area (Å²) in [5.41, 5.74) is 1.67. The number of methoxy groups -OCH3 is 2. The van der Waals surface area contributed by atoms with Crippen LogP contribution in [0.25, 0.3) is 17.1 Å². The van der Waals surface area contributed by atoms with Gasteiger partial charge in [0.05, 0.1) is 25.5 Å². The minimum atomic E-state index is -0.114. The highest BCUT2D eigenvalue weighted by Gasteiger charge is 2.28. The number of benzene rings is 2. The standard InChI is InChI=1S/C22H22N4O4S/c1-29-16-9-7-15(8-10-16)26-21(17-5-3-4-6-18(17)30-2)23-24-22(26)31-14-13-25-19(27)11-12-20(25)28/h3-10H,11-14H2,1-2H3. The van der Waals surface area contributed by atoms with Gasteiger partial charge in [0.15, 0.2) is 11.0 Å². The zero-order valence-electron chi connectivity index (χ0n) is 17.3. The molecule has 9 heteroatoms. The summed E-state index contributed by atoms with van der Waals surface area (Å²) in [6.45, 7) is 0.349. The molecule has 1 aliphatic rings. The van der Waals surface area contributed by atoms with Gasteiger partial charge in [0.1, 0.15) is 11.5 Å². The Hall–Kier alpha value is -3.33. The second-order valence-corrected chi connectivity index (χ2v) is 7.89. The Morgan fingerprint density at radius 1 is 0.935 bits per heavy atom. The van der Waals surface area contributed by atoms with Crippen molar-refractivity contribution in [1.29, 1.82) is 0 Å². The molecule has 1 saturated heterocycles. The van der Waals surface area contributed by atoms with E-state index >= 15 is 0 Å². The van der Waals surface area contributed by atoms with Crippen molar-refractivity contribution in [2.75, 3.05) is 26.5 Å². The van der Waals surface area contributed by atoms with Gasteiger partial charge in [-0.15, -0.1) is 10.2 Å². The van der Waals surface area contributed by atoms with Crippen LogP contribution in [0.4, 0.5) is 0 Å². The van der Waals surface area contributed by atoms with E-state index in [1.807, 2.05) is 53.1 Å². The molecule has 0 bridgehead atoms. The molecule has 0 radical (unpaired) electrons. The minimum absolute atomic E-state index is 0.114. The van der Waals surface area contributed by atoms with Crippen molar-refractivity contribution in [1.82, 2.24) is 19.7 Å². The molecule has 1 aliphatic heterocycles. The van der Waals surface area contributed by atoms with Gasteiger partial charge in [0.25, 0.3) is 0 Å². The minimum Gasteiger partial charge on any atom is -0.497 e. The summed E-state index contributed by atoms with van der Waals surface area (Å²) < 4.78 is 12.7. The molecule has 1 fully saturated rings. The van der Waals surface area contributed by atoms with Crippen LogP contribution in [0.2, 0.25) is 0 Å². The number of carbonyl (C=O) groups excluding carboxylic acids is 2. The zero-order chi connectivity index (χ0) is 21.8. The van der Waals surface area contributed by atoms with Gasteiger partial charge in [-0.1, -0.05) is 23.9 Å². The second kappa shape index (κ2) is 9.22. The van der Waals surface area contributed by atoms with Gasteiger partial charge in [-0.25, -0.2) is 0 Å². The van der Waals surface area contributed by atoms with Gasteiger partial charge in [0, 0.05) is 25.1 Å². The van der Waals surface area contributed by atoms with E-state index in [4.69, 9.17) is 9.47 Å². The largest absolute Gasteiger partial charge is 0.497 e. The first-order valence-electron chi connectivity index (χ1n) is 9.81. The molecule has 8 nitrogen and oxygen atoms in total. The number of likely N-dealkylation sites (tertiary alicyclic amines) is 1. The Kier molecular flexibility index (Phi) is 6.22. The summed E-state index contributed by atoms with van der Waals surface area (Å²) in [4.78, 5) is 25.1. The highest BCUT2D eigenvalue weighted by Crippen LogP contribution is 2.33. The summed E-state index contributed by atoms with van der Waals surface area (Å²) in [7, 11) is 3.24. The van der Waals surface area contributed by atoms with E-state index in [-0.39, 0.29) is 11.8 Å². The van der Waals surface area contributed by atoms with Gasteiger partial charge < -0.3 is 9.47 Å². The predicted molar refractivity (Wildman–Crippen MR) is 117 cm³/mol. The molecule has 0 atom stereocenters. The highest BCUT2D eigenvalue weighted by atomic mass is 32.2. The number of amides is 2. The summed E-state index contributed by atoms with van der Waals surface area (Å²) in [5, 5.41) is 9.48. The molecule has 2 amide bonds. The number of imide groups is 1. The molecule has 0 saturated carbocycles. The maximum absolute atomic E-state index is 11.9. The average molecular weight is 439 g/mol. The van der Waals surface area contributed by atoms with Crippen molar-refractivity contribution < 1.29 is 19.1 Å². The maximum Gasteiger partial charge on any atom is 0.229 e. The number of rotatable bonds is 8. The Morgan fingerprint density at radius 2 is 1.65 bits per heavy atom. The second-order valence-electron chi connectivity index (χ2n) is 6.83. The predicted octanol–water partition coefficient (Wildman–Crippen LogP) is 3.19. The molecule has 31 heavy (non-hydrogen) atoms. The van der Waals surface area contributed by atoms with Crippen LogP contribution in [-0.2, 0) is 9.59 Å². The smallest absolute Gasteiger partial charge is 0.229 e. The maximum atomic E-state index is 11.9. The van der Waals surface area contributed by atoms with E-state index in [1.54, 1.807) is 14.2 Å². The fraction of sp³-hybridized carbons (Fsp3) is 0.273. The lowest BCUT2D eigenvalue weighted by molar-refractivity contribution is -0.137. The van der Waals surface area contributed by atoms with Crippen molar-refractivity contribution in [3.8, 4) is 28.6 Å². The zero-order valence-corrected chi connectivity index (χ0v) is 18.1. The number of hydrogen-bond donors (Lipinski definition) is 0. The monoisotopic (exact) mass is 438 g/mol. The first kappa shape index (κ1) is 20.9. The van der Waals surface area contributed by atoms with Crippen molar-refractivity contribution in [2.45, 2.75) is 18.0 Å². The summed E-state index contributed by atoms with van der Waals surface area (Å²) >= 11 is 1.44. The number of ether oxygens (including phenoxy) is 2. The molecule has 0 N–H and O–H groups in total. The van der Waals surface area contributed by atoms with Crippen LogP contribution < -0.4 is 9.47 Å². The molecule has 0 unspecified atom stereocenters. The van der Waals surface area contributed by atoms with Crippen LogP contribution in [0.15, 0.2) is 53.7 Å². The molecular formula is C22H22N4O4S. The van der Waals surface area contributed by atoms with Crippen LogP contribution in [0.5, 0.6) is 11.5 Å². The first-order valence-corrected chi connectivity index (χ1v) is 10.8. The number of nitrogens with zero attached hydrogens (tertiary/aromatic N) is 4. The Labute approximate surface area is 184 Å². The third kappa shape index (κ3) is 4.27. The van der Waals surface area contributed by atoms with Gasteiger partial charge in [0.2, 0.25) is 11.8 Å². The molecule has 2 heterocycles. The Balaban J connectivity index is 1.67. The average Bonchev–Trinajstić information content (AvgIpc) is 3.37. The molecule has 1 aromatic heterocycles. The van der Waals surface area contributed by atoms with Gasteiger partial charge in [-0.2, -0.15) is 0 Å².